The highest BCUT2D eigenvalue weighted by molar-refractivity contribution is 7.99. The summed E-state index contributed by atoms with van der Waals surface area (Å²) < 4.78 is 17.8. The lowest BCUT2D eigenvalue weighted by Crippen LogP contribution is -2.24. The van der Waals surface area contributed by atoms with Gasteiger partial charge in [-0.2, -0.15) is 5.10 Å². The number of nitrogens with one attached hydrogen (secondary N) is 1. The summed E-state index contributed by atoms with van der Waals surface area (Å²) in [5.74, 6) is 1.08. The van der Waals surface area contributed by atoms with Gasteiger partial charge < -0.3 is 14.2 Å². The van der Waals surface area contributed by atoms with Gasteiger partial charge in [-0.15, -0.1) is 11.3 Å². The molecule has 0 radical (unpaired) electrons. The number of carbonyl (C=O) groups is 1. The summed E-state index contributed by atoms with van der Waals surface area (Å²) in [6.45, 7) is 0. The van der Waals surface area contributed by atoms with Crippen molar-refractivity contribution in [1.82, 2.24) is 15.0 Å². The molecule has 0 saturated heterocycles. The Bertz CT molecular complexity index is 1600. The average molecular weight is 565 g/mol. The van der Waals surface area contributed by atoms with E-state index < -0.39 is 0 Å². The van der Waals surface area contributed by atoms with E-state index in [1.54, 1.807) is 35.1 Å². The van der Waals surface area contributed by atoms with Gasteiger partial charge in [-0.3, -0.25) is 14.2 Å². The number of thioether (sulfide) groups is 1. The molecular formula is C28H28N4O5S2. The molecule has 0 bridgehead atoms. The van der Waals surface area contributed by atoms with Crippen LogP contribution >= 0.6 is 23.1 Å². The van der Waals surface area contributed by atoms with Gasteiger partial charge in [-0.1, -0.05) is 30.0 Å². The number of thiophene rings is 1. The predicted molar refractivity (Wildman–Crippen MR) is 154 cm³/mol. The van der Waals surface area contributed by atoms with Gasteiger partial charge in [0.2, 0.25) is 5.75 Å². The zero-order valence-corrected chi connectivity index (χ0v) is 23.5. The molecular weight excluding hydrogens is 536 g/mol. The van der Waals surface area contributed by atoms with Crippen LogP contribution < -0.4 is 25.2 Å². The standard InChI is InChI=1S/C28H28N4O5S2/c1-35-20-14-13-17(24(36-2)25(20)37-3)15-29-31-22(33)16-38-28-30-26-23(19-11-7-8-12-21(19)39-26)27(34)32(28)18-9-5-4-6-10-18/h4-6,9-10,13-15H,7-8,11-12,16H2,1-3H3,(H,31,33)/b29-15+. The van der Waals surface area contributed by atoms with Crippen molar-refractivity contribution >= 4 is 45.4 Å². The van der Waals surface area contributed by atoms with Crippen LogP contribution in [0.25, 0.3) is 15.9 Å². The van der Waals surface area contributed by atoms with Crippen molar-refractivity contribution < 1.29 is 19.0 Å². The van der Waals surface area contributed by atoms with E-state index in [-0.39, 0.29) is 17.2 Å². The highest BCUT2D eigenvalue weighted by Crippen LogP contribution is 2.39. The van der Waals surface area contributed by atoms with Crippen LogP contribution in [0, 0.1) is 0 Å². The molecule has 9 nitrogen and oxygen atoms in total. The summed E-state index contributed by atoms with van der Waals surface area (Å²) in [5, 5.41) is 5.26. The van der Waals surface area contributed by atoms with Crippen molar-refractivity contribution in [2.75, 3.05) is 27.1 Å². The number of fused-ring (bicyclic) bond motifs is 3. The Kier molecular flexibility index (Phi) is 8.18. The van der Waals surface area contributed by atoms with E-state index in [4.69, 9.17) is 19.2 Å². The van der Waals surface area contributed by atoms with Gasteiger partial charge in [0.15, 0.2) is 16.7 Å². The Labute approximate surface area is 233 Å². The third kappa shape index (κ3) is 5.37. The largest absolute Gasteiger partial charge is 0.493 e. The van der Waals surface area contributed by atoms with E-state index in [0.29, 0.717) is 39.0 Å². The van der Waals surface area contributed by atoms with Crippen molar-refractivity contribution in [3.8, 4) is 22.9 Å². The second-order valence-electron chi connectivity index (χ2n) is 8.77. The molecule has 4 aromatic rings. The summed E-state index contributed by atoms with van der Waals surface area (Å²) in [7, 11) is 4.58. The van der Waals surface area contributed by atoms with Crippen molar-refractivity contribution in [2.24, 2.45) is 5.10 Å². The zero-order valence-electron chi connectivity index (χ0n) is 21.9. The molecule has 1 aliphatic rings. The van der Waals surface area contributed by atoms with Crippen LogP contribution in [0.2, 0.25) is 0 Å². The Hall–Kier alpha value is -3.83. The fourth-order valence-electron chi connectivity index (χ4n) is 4.65. The minimum absolute atomic E-state index is 0.0241. The molecule has 11 heteroatoms. The molecule has 202 valence electrons. The number of nitrogens with zero attached hydrogens (tertiary/aromatic N) is 3. The fourth-order valence-corrected chi connectivity index (χ4v) is 6.76. The Morgan fingerprint density at radius 1 is 1.08 bits per heavy atom. The van der Waals surface area contributed by atoms with Crippen molar-refractivity contribution in [3.05, 3.63) is 68.8 Å². The number of hydrogen-bond donors (Lipinski definition) is 1. The molecule has 2 aromatic heterocycles. The number of methoxy groups -OCH3 is 3. The molecule has 0 aliphatic heterocycles. The van der Waals surface area contributed by atoms with Crippen LogP contribution in [0.5, 0.6) is 17.2 Å². The molecule has 2 heterocycles. The molecule has 39 heavy (non-hydrogen) atoms. The van der Waals surface area contributed by atoms with Gasteiger partial charge >= 0.3 is 0 Å². The quantitative estimate of drug-likeness (QED) is 0.137. The third-order valence-electron chi connectivity index (χ3n) is 6.43. The molecule has 1 aliphatic carbocycles. The topological polar surface area (TPSA) is 104 Å². The number of benzene rings is 2. The Balaban J connectivity index is 1.38. The lowest BCUT2D eigenvalue weighted by atomic mass is 9.97. The van der Waals surface area contributed by atoms with Crippen LogP contribution in [0.3, 0.4) is 0 Å². The molecule has 1 amide bonds. The van der Waals surface area contributed by atoms with Crippen LogP contribution in [0.15, 0.2) is 57.5 Å². The number of carbonyl (C=O) groups excluding carboxylic acids is 1. The molecule has 0 saturated carbocycles. The van der Waals surface area contributed by atoms with Gasteiger partial charge in [-0.05, 0) is 55.5 Å². The first-order chi connectivity index (χ1) is 19.0. The maximum absolute atomic E-state index is 13.8. The number of rotatable bonds is 9. The van der Waals surface area contributed by atoms with Gasteiger partial charge in [0.1, 0.15) is 4.83 Å². The summed E-state index contributed by atoms with van der Waals surface area (Å²) in [6, 6.07) is 12.9. The fraction of sp³-hybridized carbons (Fsp3) is 0.286. The van der Waals surface area contributed by atoms with Gasteiger partial charge in [0, 0.05) is 10.4 Å². The number of hydrogen-bond acceptors (Lipinski definition) is 9. The molecule has 2 aromatic carbocycles. The monoisotopic (exact) mass is 564 g/mol. The number of para-hydroxylation sites is 1. The lowest BCUT2D eigenvalue weighted by Gasteiger charge is -2.14. The minimum atomic E-state index is -0.338. The molecule has 0 unspecified atom stereocenters. The second kappa shape index (κ2) is 11.9. The first kappa shape index (κ1) is 26.8. The number of ether oxygens (including phenoxy) is 3. The summed E-state index contributed by atoms with van der Waals surface area (Å²) in [6.07, 6.45) is 5.57. The minimum Gasteiger partial charge on any atom is -0.493 e. The average Bonchev–Trinajstić information content (AvgIpc) is 3.34. The maximum atomic E-state index is 13.8. The molecule has 5 rings (SSSR count). The van der Waals surface area contributed by atoms with Crippen LogP contribution in [0.1, 0.15) is 28.8 Å². The molecule has 0 spiro atoms. The zero-order chi connectivity index (χ0) is 27.4. The summed E-state index contributed by atoms with van der Waals surface area (Å²) in [4.78, 5) is 33.3. The highest BCUT2D eigenvalue weighted by Gasteiger charge is 2.23. The first-order valence-electron chi connectivity index (χ1n) is 12.4. The molecule has 1 N–H and O–H groups in total. The Morgan fingerprint density at radius 2 is 1.85 bits per heavy atom. The van der Waals surface area contributed by atoms with Gasteiger partial charge in [0.25, 0.3) is 11.5 Å². The van der Waals surface area contributed by atoms with E-state index in [9.17, 15) is 9.59 Å². The van der Waals surface area contributed by atoms with E-state index in [1.165, 1.54) is 37.1 Å². The molecule has 0 fully saturated rings. The normalized spacial score (nSPS) is 12.9. The third-order valence-corrected chi connectivity index (χ3v) is 8.56. The summed E-state index contributed by atoms with van der Waals surface area (Å²) >= 11 is 2.80. The summed E-state index contributed by atoms with van der Waals surface area (Å²) in [5.41, 5.74) is 4.91. The van der Waals surface area contributed by atoms with Gasteiger partial charge in [0.05, 0.1) is 44.4 Å². The lowest BCUT2D eigenvalue weighted by molar-refractivity contribution is -0.118. The Morgan fingerprint density at radius 3 is 2.59 bits per heavy atom. The SMILES string of the molecule is COc1ccc(/C=N/NC(=O)CSc2nc3sc4c(c3c(=O)n2-c2ccccc2)CCCC4)c(OC)c1OC. The number of aromatic nitrogens is 2. The van der Waals surface area contributed by atoms with Crippen molar-refractivity contribution in [3.63, 3.8) is 0 Å². The van der Waals surface area contributed by atoms with Crippen LogP contribution in [0.4, 0.5) is 0 Å². The van der Waals surface area contributed by atoms with Crippen molar-refractivity contribution in [2.45, 2.75) is 30.8 Å². The number of aryl methyl sites for hydroxylation is 2. The van der Waals surface area contributed by atoms with E-state index in [1.807, 2.05) is 30.3 Å². The van der Waals surface area contributed by atoms with Gasteiger partial charge in [-0.25, -0.2) is 10.4 Å². The smallest absolute Gasteiger partial charge is 0.267 e. The number of amides is 1. The van der Waals surface area contributed by atoms with E-state index >= 15 is 0 Å². The highest BCUT2D eigenvalue weighted by atomic mass is 32.2. The van der Waals surface area contributed by atoms with Crippen molar-refractivity contribution in [1.29, 1.82) is 0 Å². The number of hydrazone groups is 1. The second-order valence-corrected chi connectivity index (χ2v) is 10.8. The first-order valence-corrected chi connectivity index (χ1v) is 14.2. The maximum Gasteiger partial charge on any atom is 0.267 e. The van der Waals surface area contributed by atoms with Crippen LogP contribution in [-0.4, -0.2) is 48.8 Å². The van der Waals surface area contributed by atoms with Crippen LogP contribution in [-0.2, 0) is 17.6 Å². The molecule has 0 atom stereocenters. The van der Waals surface area contributed by atoms with E-state index in [2.05, 4.69) is 10.5 Å². The predicted octanol–water partition coefficient (Wildman–Crippen LogP) is 4.59. The van der Waals surface area contributed by atoms with E-state index in [0.717, 1.165) is 36.1 Å².